The Bertz CT molecular complexity index is 744. The normalized spacial score (nSPS) is 15.2. The molecule has 3 rings (SSSR count). The Kier molecular flexibility index (Phi) is 6.14. The van der Waals surface area contributed by atoms with E-state index in [1.54, 1.807) is 6.07 Å². The maximum Gasteiger partial charge on any atom is 0.252 e. The molecular weight excluding hydrogens is 323 g/mol. The summed E-state index contributed by atoms with van der Waals surface area (Å²) in [6.45, 7) is 4.88. The largest absolute Gasteiger partial charge is 0.379 e. The Hall–Kier alpha value is -2.25. The molecule has 25 heavy (non-hydrogen) atoms. The van der Waals surface area contributed by atoms with Crippen molar-refractivity contribution in [1.82, 2.24) is 14.9 Å². The minimum absolute atomic E-state index is 0.182. The standard InChI is InChI=1S/C18H23FN4O2/c19-15-4-1-3-14(11-15)13-20-18-21-16(12-17(24)22-18)5-2-6-23-7-9-25-10-8-23/h1,3-4,11-12H,2,5-10,13H2,(H2,20,21,22,24). The smallest absolute Gasteiger partial charge is 0.252 e. The highest BCUT2D eigenvalue weighted by atomic mass is 19.1. The number of morpholine rings is 1. The molecule has 0 saturated carbocycles. The molecule has 6 nitrogen and oxygen atoms in total. The van der Waals surface area contributed by atoms with E-state index in [2.05, 4.69) is 20.2 Å². The van der Waals surface area contributed by atoms with Crippen molar-refractivity contribution >= 4 is 5.95 Å². The predicted molar refractivity (Wildman–Crippen MR) is 94.2 cm³/mol. The van der Waals surface area contributed by atoms with Crippen LogP contribution in [-0.2, 0) is 17.7 Å². The van der Waals surface area contributed by atoms with Gasteiger partial charge in [-0.1, -0.05) is 12.1 Å². The number of halogens is 1. The van der Waals surface area contributed by atoms with Gasteiger partial charge in [0.15, 0.2) is 0 Å². The van der Waals surface area contributed by atoms with Crippen LogP contribution in [0.2, 0.25) is 0 Å². The lowest BCUT2D eigenvalue weighted by Crippen LogP contribution is -2.37. The van der Waals surface area contributed by atoms with E-state index in [0.717, 1.165) is 56.9 Å². The van der Waals surface area contributed by atoms with Gasteiger partial charge in [0.05, 0.1) is 13.2 Å². The summed E-state index contributed by atoms with van der Waals surface area (Å²) in [5.74, 6) is 0.135. The molecule has 1 aliphatic heterocycles. The summed E-state index contributed by atoms with van der Waals surface area (Å²) in [5.41, 5.74) is 1.37. The van der Waals surface area contributed by atoms with Gasteiger partial charge < -0.3 is 10.1 Å². The first-order valence-electron chi connectivity index (χ1n) is 8.58. The second-order valence-corrected chi connectivity index (χ2v) is 6.13. The third-order valence-corrected chi connectivity index (χ3v) is 4.15. The Balaban J connectivity index is 1.53. The summed E-state index contributed by atoms with van der Waals surface area (Å²) in [7, 11) is 0. The zero-order chi connectivity index (χ0) is 17.5. The van der Waals surface area contributed by atoms with E-state index in [1.165, 1.54) is 18.2 Å². The number of aromatic nitrogens is 2. The molecule has 7 heteroatoms. The van der Waals surface area contributed by atoms with Crippen LogP contribution < -0.4 is 10.9 Å². The first-order valence-corrected chi connectivity index (χ1v) is 8.58. The van der Waals surface area contributed by atoms with Crippen LogP contribution in [0.5, 0.6) is 0 Å². The predicted octanol–water partition coefficient (Wildman–Crippen LogP) is 1.79. The fourth-order valence-corrected chi connectivity index (χ4v) is 2.86. The number of ether oxygens (including phenoxy) is 1. The number of benzene rings is 1. The van der Waals surface area contributed by atoms with Gasteiger partial charge in [-0.25, -0.2) is 9.37 Å². The number of anilines is 1. The van der Waals surface area contributed by atoms with Crippen molar-refractivity contribution in [2.45, 2.75) is 19.4 Å². The van der Waals surface area contributed by atoms with Gasteiger partial charge in [-0.2, -0.15) is 0 Å². The van der Waals surface area contributed by atoms with Gasteiger partial charge in [0.1, 0.15) is 5.82 Å². The average molecular weight is 346 g/mol. The van der Waals surface area contributed by atoms with Crippen LogP contribution in [0.3, 0.4) is 0 Å². The van der Waals surface area contributed by atoms with E-state index in [0.29, 0.717) is 12.5 Å². The van der Waals surface area contributed by atoms with Gasteiger partial charge in [0, 0.05) is 31.4 Å². The maximum atomic E-state index is 13.2. The highest BCUT2D eigenvalue weighted by molar-refractivity contribution is 5.28. The van der Waals surface area contributed by atoms with Crippen LogP contribution in [0.15, 0.2) is 35.1 Å². The molecule has 0 radical (unpaired) electrons. The SMILES string of the molecule is O=c1cc(CCCN2CCOCC2)nc(NCc2cccc(F)c2)[nH]1. The fraction of sp³-hybridized carbons (Fsp3) is 0.444. The summed E-state index contributed by atoms with van der Waals surface area (Å²) in [6.07, 6.45) is 1.69. The molecule has 2 N–H and O–H groups in total. The molecule has 1 aromatic heterocycles. The number of nitrogens with zero attached hydrogens (tertiary/aromatic N) is 2. The number of aromatic amines is 1. The first-order chi connectivity index (χ1) is 12.2. The molecular formula is C18H23FN4O2. The molecule has 2 aromatic rings. The van der Waals surface area contributed by atoms with Crippen LogP contribution in [0.25, 0.3) is 0 Å². The zero-order valence-electron chi connectivity index (χ0n) is 14.1. The molecule has 0 amide bonds. The van der Waals surface area contributed by atoms with Gasteiger partial charge in [0.2, 0.25) is 5.95 Å². The molecule has 2 heterocycles. The van der Waals surface area contributed by atoms with Crippen LogP contribution in [0.1, 0.15) is 17.7 Å². The van der Waals surface area contributed by atoms with Crippen LogP contribution >= 0.6 is 0 Å². The maximum absolute atomic E-state index is 13.2. The number of nitrogens with one attached hydrogen (secondary N) is 2. The second kappa shape index (κ2) is 8.73. The average Bonchev–Trinajstić information content (AvgIpc) is 2.61. The first kappa shape index (κ1) is 17.6. The van der Waals surface area contributed by atoms with Gasteiger partial charge >= 0.3 is 0 Å². The Morgan fingerprint density at radius 2 is 2.12 bits per heavy atom. The minimum Gasteiger partial charge on any atom is -0.379 e. The molecule has 0 atom stereocenters. The summed E-state index contributed by atoms with van der Waals surface area (Å²) in [4.78, 5) is 21.3. The van der Waals surface area contributed by atoms with E-state index in [9.17, 15) is 9.18 Å². The lowest BCUT2D eigenvalue weighted by atomic mass is 10.2. The zero-order valence-corrected chi connectivity index (χ0v) is 14.1. The third kappa shape index (κ3) is 5.65. The summed E-state index contributed by atoms with van der Waals surface area (Å²) < 4.78 is 18.5. The molecule has 0 unspecified atom stereocenters. The highest BCUT2D eigenvalue weighted by Crippen LogP contribution is 2.07. The van der Waals surface area contributed by atoms with Gasteiger partial charge in [-0.15, -0.1) is 0 Å². The highest BCUT2D eigenvalue weighted by Gasteiger charge is 2.10. The fourth-order valence-electron chi connectivity index (χ4n) is 2.86. The van der Waals surface area contributed by atoms with Crippen molar-refractivity contribution < 1.29 is 9.13 Å². The molecule has 1 aliphatic rings. The Labute approximate surface area is 146 Å². The molecule has 0 spiro atoms. The van der Waals surface area contributed by atoms with Crippen molar-refractivity contribution in [2.75, 3.05) is 38.2 Å². The number of hydrogen-bond acceptors (Lipinski definition) is 5. The minimum atomic E-state index is -0.280. The topological polar surface area (TPSA) is 70.2 Å². The molecule has 1 saturated heterocycles. The van der Waals surface area contributed by atoms with E-state index in [1.807, 2.05) is 6.07 Å². The second-order valence-electron chi connectivity index (χ2n) is 6.13. The number of hydrogen-bond donors (Lipinski definition) is 2. The van der Waals surface area contributed by atoms with Crippen LogP contribution in [0, 0.1) is 5.82 Å². The monoisotopic (exact) mass is 346 g/mol. The molecule has 0 aliphatic carbocycles. The quantitative estimate of drug-likeness (QED) is 0.800. The number of aryl methyl sites for hydroxylation is 1. The molecule has 0 bridgehead atoms. The summed E-state index contributed by atoms with van der Waals surface area (Å²) in [5, 5.41) is 3.05. The van der Waals surface area contributed by atoms with Gasteiger partial charge in [-0.05, 0) is 37.1 Å². The van der Waals surface area contributed by atoms with Crippen molar-refractivity contribution in [3.05, 3.63) is 57.8 Å². The van der Waals surface area contributed by atoms with E-state index >= 15 is 0 Å². The van der Waals surface area contributed by atoms with E-state index < -0.39 is 0 Å². The lowest BCUT2D eigenvalue weighted by Gasteiger charge is -2.26. The van der Waals surface area contributed by atoms with Crippen LogP contribution in [0.4, 0.5) is 10.3 Å². The van der Waals surface area contributed by atoms with E-state index in [4.69, 9.17) is 4.74 Å². The van der Waals surface area contributed by atoms with E-state index in [-0.39, 0.29) is 11.4 Å². The number of rotatable bonds is 7. The molecule has 1 aromatic carbocycles. The lowest BCUT2D eigenvalue weighted by molar-refractivity contribution is 0.0374. The molecule has 134 valence electrons. The van der Waals surface area contributed by atoms with Crippen molar-refractivity contribution in [3.8, 4) is 0 Å². The van der Waals surface area contributed by atoms with Crippen molar-refractivity contribution in [2.24, 2.45) is 0 Å². The Morgan fingerprint density at radius 1 is 1.28 bits per heavy atom. The van der Waals surface area contributed by atoms with Crippen molar-refractivity contribution in [3.63, 3.8) is 0 Å². The van der Waals surface area contributed by atoms with Crippen LogP contribution in [-0.4, -0.2) is 47.7 Å². The third-order valence-electron chi connectivity index (χ3n) is 4.15. The summed E-state index contributed by atoms with van der Waals surface area (Å²) >= 11 is 0. The molecule has 1 fully saturated rings. The van der Waals surface area contributed by atoms with Crippen molar-refractivity contribution in [1.29, 1.82) is 0 Å². The summed E-state index contributed by atoms with van der Waals surface area (Å²) in [6, 6.07) is 7.87. The Morgan fingerprint density at radius 3 is 2.92 bits per heavy atom. The number of H-pyrrole nitrogens is 1. The van der Waals surface area contributed by atoms with Gasteiger partial charge in [0.25, 0.3) is 5.56 Å². The van der Waals surface area contributed by atoms with Gasteiger partial charge in [-0.3, -0.25) is 14.7 Å².